The number of aryl methyl sites for hydroxylation is 1. The summed E-state index contributed by atoms with van der Waals surface area (Å²) in [6.07, 6.45) is 2.07. The van der Waals surface area contributed by atoms with E-state index in [4.69, 9.17) is 0 Å². The van der Waals surface area contributed by atoms with Gasteiger partial charge in [0.25, 0.3) is 0 Å². The van der Waals surface area contributed by atoms with Crippen LogP contribution in [-0.2, 0) is 44.5 Å². The quantitative estimate of drug-likeness (QED) is 0.689. The largest absolute Gasteiger partial charge is 0.343 e. The van der Waals surface area contributed by atoms with Crippen molar-refractivity contribution in [3.8, 4) is 0 Å². The van der Waals surface area contributed by atoms with E-state index in [-0.39, 0.29) is 38.1 Å². The molecule has 0 aliphatic carbocycles. The molecule has 16 heavy (non-hydrogen) atoms. The van der Waals surface area contributed by atoms with Gasteiger partial charge in [-0.25, -0.2) is 0 Å². The Kier molecular flexibility index (Phi) is 10.9. The summed E-state index contributed by atoms with van der Waals surface area (Å²) in [5.74, 6) is 0. The van der Waals surface area contributed by atoms with Gasteiger partial charge in [-0.05, 0) is 11.0 Å². The van der Waals surface area contributed by atoms with Crippen molar-refractivity contribution in [3.63, 3.8) is 0 Å². The summed E-state index contributed by atoms with van der Waals surface area (Å²) in [6, 6.07) is 8.88. The van der Waals surface area contributed by atoms with E-state index in [9.17, 15) is 0 Å². The zero-order chi connectivity index (χ0) is 11.9. The fraction of sp³-hybridized carbons (Fsp3) is 0.533. The minimum absolute atomic E-state index is 0. The number of benzene rings is 1. The predicted molar refractivity (Wildman–Crippen MR) is 70.2 cm³/mol. The van der Waals surface area contributed by atoms with Crippen molar-refractivity contribution in [2.45, 2.75) is 52.9 Å². The molecule has 89 valence electrons. The molecular formula is C15H25Y-. The summed E-state index contributed by atoms with van der Waals surface area (Å²) in [7, 11) is 0. The Hall–Kier alpha value is 0.324. The molecule has 0 aliphatic rings. The second-order valence-corrected chi connectivity index (χ2v) is 4.55. The van der Waals surface area contributed by atoms with Crippen LogP contribution in [0.15, 0.2) is 24.3 Å². The first-order chi connectivity index (χ1) is 7.04. The number of hydrogen-bond acceptors (Lipinski definition) is 0. The average Bonchev–Trinajstić information content (AvgIpc) is 2.21. The number of rotatable bonds is 2. The first-order valence-electron chi connectivity index (χ1n) is 5.92. The van der Waals surface area contributed by atoms with Gasteiger partial charge < -0.3 is 6.92 Å². The number of hydrogen-bond donors (Lipinski definition) is 0. The van der Waals surface area contributed by atoms with Crippen LogP contribution in [0, 0.1) is 6.92 Å². The van der Waals surface area contributed by atoms with E-state index in [1.165, 1.54) is 11.1 Å². The third kappa shape index (κ3) is 6.81. The van der Waals surface area contributed by atoms with Gasteiger partial charge in [0.15, 0.2) is 0 Å². The fourth-order valence-electron chi connectivity index (χ4n) is 1.38. The molecule has 1 radical (unpaired) electrons. The molecule has 1 aromatic carbocycles. The molecule has 0 fully saturated rings. The maximum atomic E-state index is 3.85. The Morgan fingerprint density at radius 1 is 1.00 bits per heavy atom. The molecule has 0 spiro atoms. The molecule has 0 unspecified atom stereocenters. The smallest absolute Gasteiger partial charge is 0 e. The zero-order valence-electron chi connectivity index (χ0n) is 11.5. The summed E-state index contributed by atoms with van der Waals surface area (Å²) < 4.78 is 0. The average molecular weight is 294 g/mol. The van der Waals surface area contributed by atoms with E-state index in [0.717, 1.165) is 12.8 Å². The molecule has 1 rings (SSSR count). The van der Waals surface area contributed by atoms with Crippen LogP contribution >= 0.6 is 0 Å². The van der Waals surface area contributed by atoms with Gasteiger partial charge in [-0.1, -0.05) is 70.9 Å². The zero-order valence-corrected chi connectivity index (χ0v) is 14.3. The molecule has 0 saturated heterocycles. The maximum absolute atomic E-state index is 3.85. The van der Waals surface area contributed by atoms with Gasteiger partial charge in [-0.2, -0.15) is 6.42 Å². The Morgan fingerprint density at radius 3 is 1.75 bits per heavy atom. The van der Waals surface area contributed by atoms with Gasteiger partial charge in [0.2, 0.25) is 0 Å². The molecule has 0 aliphatic heterocycles. The van der Waals surface area contributed by atoms with E-state index in [0.29, 0.717) is 0 Å². The molecule has 0 amide bonds. The molecule has 1 heteroatoms. The standard InChI is InChI=1S/C13H19.C2H6.Y/c1-5-6-11-7-9-12(10-8-11)13(2,3)4;1-2;/h7-10H,1,5-6H2,2-4H3;1-2H3;/q-1;;. The van der Waals surface area contributed by atoms with E-state index < -0.39 is 0 Å². The minimum Gasteiger partial charge on any atom is -0.343 e. The third-order valence-corrected chi connectivity index (χ3v) is 2.29. The molecule has 0 nitrogen and oxygen atoms in total. The molecule has 0 heterocycles. The summed E-state index contributed by atoms with van der Waals surface area (Å²) in [5, 5.41) is 0. The van der Waals surface area contributed by atoms with Crippen molar-refractivity contribution in [1.29, 1.82) is 0 Å². The summed E-state index contributed by atoms with van der Waals surface area (Å²) in [6.45, 7) is 14.6. The van der Waals surface area contributed by atoms with E-state index in [1.54, 1.807) is 0 Å². The van der Waals surface area contributed by atoms with Gasteiger partial charge >= 0.3 is 0 Å². The van der Waals surface area contributed by atoms with Crippen molar-refractivity contribution in [2.75, 3.05) is 0 Å². The van der Waals surface area contributed by atoms with Crippen LogP contribution in [0.2, 0.25) is 0 Å². The Morgan fingerprint density at radius 2 is 1.44 bits per heavy atom. The van der Waals surface area contributed by atoms with Crippen LogP contribution in [0.1, 0.15) is 52.2 Å². The molecule has 0 aromatic heterocycles. The fourth-order valence-corrected chi connectivity index (χ4v) is 1.38. The monoisotopic (exact) mass is 294 g/mol. The Bertz CT molecular complexity index is 254. The van der Waals surface area contributed by atoms with Crippen molar-refractivity contribution in [3.05, 3.63) is 42.3 Å². The van der Waals surface area contributed by atoms with Gasteiger partial charge in [-0.15, -0.1) is 0 Å². The molecule has 0 saturated carbocycles. The van der Waals surface area contributed by atoms with Crippen molar-refractivity contribution >= 4 is 0 Å². The van der Waals surface area contributed by atoms with Crippen molar-refractivity contribution in [1.82, 2.24) is 0 Å². The van der Waals surface area contributed by atoms with Crippen LogP contribution in [0.25, 0.3) is 0 Å². The van der Waals surface area contributed by atoms with Crippen molar-refractivity contribution < 1.29 is 32.7 Å². The predicted octanol–water partition coefficient (Wildman–Crippen LogP) is 4.77. The van der Waals surface area contributed by atoms with Gasteiger partial charge in [-0.3, -0.25) is 0 Å². The molecule has 0 bridgehead atoms. The van der Waals surface area contributed by atoms with Crippen molar-refractivity contribution in [2.24, 2.45) is 0 Å². The molecule has 0 atom stereocenters. The first kappa shape index (κ1) is 18.7. The van der Waals surface area contributed by atoms with Gasteiger partial charge in [0.05, 0.1) is 0 Å². The SMILES string of the molecule is CC.[CH2-]CCc1ccc(C(C)(C)C)cc1.[Y]. The van der Waals surface area contributed by atoms with E-state index >= 15 is 0 Å². The van der Waals surface area contributed by atoms with Crippen LogP contribution in [0.5, 0.6) is 0 Å². The maximum Gasteiger partial charge on any atom is 0 e. The Labute approximate surface area is 127 Å². The van der Waals surface area contributed by atoms with E-state index in [1.807, 2.05) is 13.8 Å². The second kappa shape index (κ2) is 9.36. The van der Waals surface area contributed by atoms with Gasteiger partial charge in [0, 0.05) is 32.7 Å². The normalized spacial score (nSPS) is 9.88. The van der Waals surface area contributed by atoms with E-state index in [2.05, 4.69) is 52.0 Å². The Balaban J connectivity index is 0. The van der Waals surface area contributed by atoms with Crippen LogP contribution in [0.4, 0.5) is 0 Å². The molecular weight excluding hydrogens is 269 g/mol. The third-order valence-electron chi connectivity index (χ3n) is 2.29. The minimum atomic E-state index is 0. The summed E-state index contributed by atoms with van der Waals surface area (Å²) in [4.78, 5) is 0. The molecule has 0 N–H and O–H groups in total. The second-order valence-electron chi connectivity index (χ2n) is 4.55. The van der Waals surface area contributed by atoms with Crippen LogP contribution in [-0.4, -0.2) is 0 Å². The first-order valence-corrected chi connectivity index (χ1v) is 5.92. The van der Waals surface area contributed by atoms with Crippen LogP contribution in [0.3, 0.4) is 0 Å². The molecule has 1 aromatic rings. The summed E-state index contributed by atoms with van der Waals surface area (Å²) in [5.41, 5.74) is 3.06. The van der Waals surface area contributed by atoms with Crippen LogP contribution < -0.4 is 0 Å². The van der Waals surface area contributed by atoms with Gasteiger partial charge in [0.1, 0.15) is 0 Å². The summed E-state index contributed by atoms with van der Waals surface area (Å²) >= 11 is 0. The topological polar surface area (TPSA) is 0 Å².